The molecule has 1 fully saturated rings. The molecule has 0 spiro atoms. The van der Waals surface area contributed by atoms with Crippen LogP contribution in [0.1, 0.15) is 26.7 Å². The fourth-order valence-corrected chi connectivity index (χ4v) is 1.86. The van der Waals surface area contributed by atoms with Crippen molar-refractivity contribution in [3.8, 4) is 0 Å². The van der Waals surface area contributed by atoms with E-state index in [1.807, 2.05) is 6.92 Å². The van der Waals surface area contributed by atoms with E-state index in [9.17, 15) is 0 Å². The van der Waals surface area contributed by atoms with E-state index in [4.69, 9.17) is 15.6 Å². The fourth-order valence-electron chi connectivity index (χ4n) is 1.86. The summed E-state index contributed by atoms with van der Waals surface area (Å²) in [5.74, 6) is 0. The smallest absolute Gasteiger partial charge is 0.0619 e. The first-order chi connectivity index (χ1) is 7.05. The standard InChI is InChI=1S/C11H24N2O2/c1-10-8-15-7-6-13(10)5-3-4-11(2,12)9-14/h10,14H,3-9,12H2,1-2H3. The number of rotatable bonds is 5. The van der Waals surface area contributed by atoms with Crippen LogP contribution in [0.4, 0.5) is 0 Å². The average molecular weight is 216 g/mol. The van der Waals surface area contributed by atoms with Gasteiger partial charge in [0.2, 0.25) is 0 Å². The van der Waals surface area contributed by atoms with Crippen molar-refractivity contribution in [2.45, 2.75) is 38.3 Å². The molecule has 2 atom stereocenters. The summed E-state index contributed by atoms with van der Waals surface area (Å²) in [6.45, 7) is 7.89. The first-order valence-corrected chi connectivity index (χ1v) is 5.77. The van der Waals surface area contributed by atoms with Crippen LogP contribution in [0, 0.1) is 0 Å². The molecule has 0 aromatic rings. The van der Waals surface area contributed by atoms with Gasteiger partial charge in [-0.05, 0) is 33.2 Å². The summed E-state index contributed by atoms with van der Waals surface area (Å²) in [6, 6.07) is 0.511. The Morgan fingerprint density at radius 3 is 2.93 bits per heavy atom. The van der Waals surface area contributed by atoms with Crippen molar-refractivity contribution >= 4 is 0 Å². The zero-order valence-corrected chi connectivity index (χ0v) is 9.91. The van der Waals surface area contributed by atoms with Gasteiger partial charge in [0.05, 0.1) is 19.8 Å². The van der Waals surface area contributed by atoms with E-state index >= 15 is 0 Å². The number of morpholine rings is 1. The molecular formula is C11H24N2O2. The monoisotopic (exact) mass is 216 g/mol. The van der Waals surface area contributed by atoms with Crippen LogP contribution in [-0.2, 0) is 4.74 Å². The van der Waals surface area contributed by atoms with Gasteiger partial charge in [0.15, 0.2) is 0 Å². The molecule has 1 heterocycles. The van der Waals surface area contributed by atoms with Gasteiger partial charge in [0.25, 0.3) is 0 Å². The van der Waals surface area contributed by atoms with Crippen LogP contribution in [0.15, 0.2) is 0 Å². The average Bonchev–Trinajstić information content (AvgIpc) is 2.21. The van der Waals surface area contributed by atoms with Crippen LogP contribution in [0.25, 0.3) is 0 Å². The molecule has 1 saturated heterocycles. The molecule has 1 rings (SSSR count). The second kappa shape index (κ2) is 5.80. The predicted molar refractivity (Wildman–Crippen MR) is 60.8 cm³/mol. The van der Waals surface area contributed by atoms with Crippen LogP contribution >= 0.6 is 0 Å². The molecule has 1 aliphatic heterocycles. The van der Waals surface area contributed by atoms with Crippen molar-refractivity contribution in [2.24, 2.45) is 5.73 Å². The van der Waals surface area contributed by atoms with E-state index in [-0.39, 0.29) is 6.61 Å². The zero-order chi connectivity index (χ0) is 11.3. The van der Waals surface area contributed by atoms with Crippen LogP contribution in [0.3, 0.4) is 0 Å². The van der Waals surface area contributed by atoms with Gasteiger partial charge in [0, 0.05) is 18.1 Å². The number of ether oxygens (including phenoxy) is 1. The molecule has 0 saturated carbocycles. The van der Waals surface area contributed by atoms with Crippen molar-refractivity contribution in [2.75, 3.05) is 32.9 Å². The van der Waals surface area contributed by atoms with Crippen molar-refractivity contribution in [1.82, 2.24) is 4.90 Å². The minimum absolute atomic E-state index is 0.0612. The lowest BCUT2D eigenvalue weighted by molar-refractivity contribution is -0.00175. The SMILES string of the molecule is CC1COCCN1CCCC(C)(N)CO. The molecule has 0 aliphatic carbocycles. The van der Waals surface area contributed by atoms with Gasteiger partial charge in [-0.1, -0.05) is 0 Å². The second-order valence-electron chi connectivity index (χ2n) is 4.88. The minimum Gasteiger partial charge on any atom is -0.394 e. The summed E-state index contributed by atoms with van der Waals surface area (Å²) >= 11 is 0. The van der Waals surface area contributed by atoms with Crippen LogP contribution in [0.2, 0.25) is 0 Å². The van der Waals surface area contributed by atoms with Crippen LogP contribution in [-0.4, -0.2) is 54.5 Å². The molecule has 3 N–H and O–H groups in total. The summed E-state index contributed by atoms with van der Waals surface area (Å²) in [7, 11) is 0. The maximum Gasteiger partial charge on any atom is 0.0619 e. The summed E-state index contributed by atoms with van der Waals surface area (Å²) in [4.78, 5) is 2.43. The molecule has 0 amide bonds. The predicted octanol–water partition coefficient (Wildman–Crippen LogP) is 0.197. The number of hydrogen-bond acceptors (Lipinski definition) is 4. The van der Waals surface area contributed by atoms with Crippen molar-refractivity contribution < 1.29 is 9.84 Å². The number of hydrogen-bond donors (Lipinski definition) is 2. The number of aliphatic hydroxyl groups is 1. The summed E-state index contributed by atoms with van der Waals surface area (Å²) in [6.07, 6.45) is 1.91. The van der Waals surface area contributed by atoms with E-state index in [0.717, 1.165) is 39.1 Å². The van der Waals surface area contributed by atoms with Gasteiger partial charge in [-0.15, -0.1) is 0 Å². The van der Waals surface area contributed by atoms with E-state index < -0.39 is 5.54 Å². The van der Waals surface area contributed by atoms with E-state index in [1.54, 1.807) is 0 Å². The molecule has 4 heteroatoms. The maximum absolute atomic E-state index is 9.02. The third-order valence-electron chi connectivity index (χ3n) is 3.06. The third-order valence-corrected chi connectivity index (χ3v) is 3.06. The molecule has 15 heavy (non-hydrogen) atoms. The van der Waals surface area contributed by atoms with E-state index in [0.29, 0.717) is 6.04 Å². The van der Waals surface area contributed by atoms with E-state index in [2.05, 4.69) is 11.8 Å². The van der Waals surface area contributed by atoms with Gasteiger partial charge in [-0.2, -0.15) is 0 Å². The lowest BCUT2D eigenvalue weighted by Gasteiger charge is -2.34. The van der Waals surface area contributed by atoms with Gasteiger partial charge in [0.1, 0.15) is 0 Å². The highest BCUT2D eigenvalue weighted by atomic mass is 16.5. The Bertz CT molecular complexity index is 185. The lowest BCUT2D eigenvalue weighted by atomic mass is 9.98. The Labute approximate surface area is 92.4 Å². The molecule has 90 valence electrons. The van der Waals surface area contributed by atoms with Gasteiger partial charge >= 0.3 is 0 Å². The normalized spacial score (nSPS) is 27.6. The quantitative estimate of drug-likeness (QED) is 0.689. The number of aliphatic hydroxyl groups excluding tert-OH is 1. The van der Waals surface area contributed by atoms with Crippen molar-refractivity contribution in [3.63, 3.8) is 0 Å². The summed E-state index contributed by atoms with van der Waals surface area (Å²) in [5, 5.41) is 9.02. The Kier molecular flexibility index (Phi) is 4.99. The summed E-state index contributed by atoms with van der Waals surface area (Å²) in [5.41, 5.74) is 5.45. The Balaban J connectivity index is 2.19. The van der Waals surface area contributed by atoms with Crippen LogP contribution < -0.4 is 5.73 Å². The highest BCUT2D eigenvalue weighted by Crippen LogP contribution is 2.11. The first-order valence-electron chi connectivity index (χ1n) is 5.77. The number of nitrogens with zero attached hydrogens (tertiary/aromatic N) is 1. The lowest BCUT2D eigenvalue weighted by Crippen LogP contribution is -2.45. The zero-order valence-electron chi connectivity index (χ0n) is 9.91. The molecule has 2 unspecified atom stereocenters. The number of nitrogens with two attached hydrogens (primary N) is 1. The van der Waals surface area contributed by atoms with Gasteiger partial charge in [-0.25, -0.2) is 0 Å². The van der Waals surface area contributed by atoms with Crippen molar-refractivity contribution in [1.29, 1.82) is 0 Å². The molecule has 0 radical (unpaired) electrons. The maximum atomic E-state index is 9.02. The van der Waals surface area contributed by atoms with Crippen molar-refractivity contribution in [3.05, 3.63) is 0 Å². The highest BCUT2D eigenvalue weighted by molar-refractivity contribution is 4.78. The van der Waals surface area contributed by atoms with E-state index in [1.165, 1.54) is 0 Å². The Morgan fingerprint density at radius 1 is 1.60 bits per heavy atom. The van der Waals surface area contributed by atoms with Gasteiger partial charge < -0.3 is 15.6 Å². The third kappa shape index (κ3) is 4.47. The molecule has 0 bridgehead atoms. The topological polar surface area (TPSA) is 58.7 Å². The minimum atomic E-state index is -0.421. The molecule has 0 aromatic heterocycles. The molecule has 0 aromatic carbocycles. The summed E-state index contributed by atoms with van der Waals surface area (Å²) < 4.78 is 5.37. The Hall–Kier alpha value is -0.160. The Morgan fingerprint density at radius 2 is 2.33 bits per heavy atom. The van der Waals surface area contributed by atoms with Gasteiger partial charge in [-0.3, -0.25) is 4.90 Å². The second-order valence-corrected chi connectivity index (χ2v) is 4.88. The first kappa shape index (κ1) is 12.9. The highest BCUT2D eigenvalue weighted by Gasteiger charge is 2.20. The van der Waals surface area contributed by atoms with Crippen LogP contribution in [0.5, 0.6) is 0 Å². The molecular weight excluding hydrogens is 192 g/mol. The molecule has 4 nitrogen and oxygen atoms in total. The largest absolute Gasteiger partial charge is 0.394 e. The molecule has 1 aliphatic rings. The fraction of sp³-hybridized carbons (Fsp3) is 1.00.